The molecule has 0 saturated heterocycles. The molecule has 21 heavy (non-hydrogen) atoms. The second kappa shape index (κ2) is 5.24. The Morgan fingerprint density at radius 3 is 2.76 bits per heavy atom. The summed E-state index contributed by atoms with van der Waals surface area (Å²) in [6, 6.07) is 9.41. The van der Waals surface area contributed by atoms with Gasteiger partial charge in [0.05, 0.1) is 13.3 Å². The van der Waals surface area contributed by atoms with E-state index in [0.717, 1.165) is 16.8 Å². The number of anilines is 1. The Kier molecular flexibility index (Phi) is 3.27. The standard InChI is InChI=1S/C15H15N5O/c1-10-18-14(7-15(19-10)21-2)20-9-12(8-17-20)11-4-3-5-13(16)6-11/h3-9H,16H2,1-2H3. The summed E-state index contributed by atoms with van der Waals surface area (Å²) in [5.74, 6) is 1.80. The van der Waals surface area contributed by atoms with E-state index < -0.39 is 0 Å². The van der Waals surface area contributed by atoms with Crippen LogP contribution in [-0.2, 0) is 0 Å². The quantitative estimate of drug-likeness (QED) is 0.745. The lowest BCUT2D eigenvalue weighted by Gasteiger charge is -2.04. The fraction of sp³-hybridized carbons (Fsp3) is 0.133. The van der Waals surface area contributed by atoms with Gasteiger partial charge in [-0.15, -0.1) is 0 Å². The maximum absolute atomic E-state index is 5.81. The van der Waals surface area contributed by atoms with E-state index in [4.69, 9.17) is 10.5 Å². The Morgan fingerprint density at radius 1 is 1.14 bits per heavy atom. The molecule has 3 rings (SSSR count). The number of nitrogens with two attached hydrogens (primary N) is 1. The zero-order chi connectivity index (χ0) is 14.8. The van der Waals surface area contributed by atoms with Crippen molar-refractivity contribution in [2.24, 2.45) is 0 Å². The van der Waals surface area contributed by atoms with Gasteiger partial charge in [-0.3, -0.25) is 0 Å². The van der Waals surface area contributed by atoms with Gasteiger partial charge in [-0.25, -0.2) is 9.67 Å². The molecular weight excluding hydrogens is 266 g/mol. The first kappa shape index (κ1) is 13.1. The normalized spacial score (nSPS) is 10.6. The monoisotopic (exact) mass is 281 g/mol. The molecule has 0 spiro atoms. The molecule has 0 fully saturated rings. The molecule has 0 atom stereocenters. The molecule has 2 N–H and O–H groups in total. The van der Waals surface area contributed by atoms with Crippen LogP contribution in [0, 0.1) is 6.92 Å². The van der Waals surface area contributed by atoms with Crippen LogP contribution in [0.4, 0.5) is 5.69 Å². The van der Waals surface area contributed by atoms with Crippen molar-refractivity contribution >= 4 is 5.69 Å². The van der Waals surface area contributed by atoms with Gasteiger partial charge in [-0.05, 0) is 24.6 Å². The van der Waals surface area contributed by atoms with E-state index in [1.807, 2.05) is 37.4 Å². The number of hydrogen-bond donors (Lipinski definition) is 1. The van der Waals surface area contributed by atoms with Crippen LogP contribution in [0.5, 0.6) is 5.88 Å². The van der Waals surface area contributed by atoms with Crippen LogP contribution in [0.2, 0.25) is 0 Å². The summed E-state index contributed by atoms with van der Waals surface area (Å²) in [6.07, 6.45) is 3.68. The van der Waals surface area contributed by atoms with E-state index in [2.05, 4.69) is 15.1 Å². The lowest BCUT2D eigenvalue weighted by Crippen LogP contribution is -2.02. The Hall–Kier alpha value is -2.89. The van der Waals surface area contributed by atoms with E-state index in [0.29, 0.717) is 17.5 Å². The second-order valence-electron chi connectivity index (χ2n) is 4.61. The third-order valence-corrected chi connectivity index (χ3v) is 3.05. The number of ether oxygens (including phenoxy) is 1. The van der Waals surface area contributed by atoms with E-state index in [-0.39, 0.29) is 0 Å². The van der Waals surface area contributed by atoms with Crippen molar-refractivity contribution in [3.8, 4) is 22.8 Å². The third-order valence-electron chi connectivity index (χ3n) is 3.05. The fourth-order valence-corrected chi connectivity index (χ4v) is 2.06. The highest BCUT2D eigenvalue weighted by molar-refractivity contribution is 5.66. The predicted octanol–water partition coefficient (Wildman–Crippen LogP) is 2.23. The molecule has 6 heteroatoms. The van der Waals surface area contributed by atoms with Crippen molar-refractivity contribution in [1.29, 1.82) is 0 Å². The summed E-state index contributed by atoms with van der Waals surface area (Å²) in [6.45, 7) is 1.81. The lowest BCUT2D eigenvalue weighted by atomic mass is 10.1. The molecule has 0 saturated carbocycles. The summed E-state index contributed by atoms with van der Waals surface area (Å²) < 4.78 is 6.85. The summed E-state index contributed by atoms with van der Waals surface area (Å²) in [7, 11) is 1.58. The summed E-state index contributed by atoms with van der Waals surface area (Å²) >= 11 is 0. The van der Waals surface area contributed by atoms with E-state index in [1.165, 1.54) is 0 Å². The number of benzene rings is 1. The zero-order valence-electron chi connectivity index (χ0n) is 11.8. The molecule has 1 aromatic carbocycles. The molecule has 0 aliphatic rings. The summed E-state index contributed by atoms with van der Waals surface area (Å²) in [4.78, 5) is 8.52. The van der Waals surface area contributed by atoms with Crippen LogP contribution in [0.1, 0.15) is 5.82 Å². The molecule has 0 radical (unpaired) electrons. The van der Waals surface area contributed by atoms with Gasteiger partial charge in [0.25, 0.3) is 0 Å². The van der Waals surface area contributed by atoms with Gasteiger partial charge in [0.2, 0.25) is 5.88 Å². The number of methoxy groups -OCH3 is 1. The minimum atomic E-state index is 0.513. The van der Waals surface area contributed by atoms with Crippen molar-refractivity contribution in [2.75, 3.05) is 12.8 Å². The van der Waals surface area contributed by atoms with Crippen molar-refractivity contribution in [3.05, 3.63) is 48.5 Å². The highest BCUT2D eigenvalue weighted by Gasteiger charge is 2.07. The van der Waals surface area contributed by atoms with Gasteiger partial charge in [0.1, 0.15) is 5.82 Å². The van der Waals surface area contributed by atoms with E-state index in [1.54, 1.807) is 24.1 Å². The molecule has 106 valence electrons. The highest BCUT2D eigenvalue weighted by Crippen LogP contribution is 2.22. The maximum atomic E-state index is 5.81. The van der Waals surface area contributed by atoms with E-state index in [9.17, 15) is 0 Å². The molecule has 3 aromatic rings. The van der Waals surface area contributed by atoms with Crippen LogP contribution in [0.15, 0.2) is 42.7 Å². The smallest absolute Gasteiger partial charge is 0.218 e. The summed E-state index contributed by atoms with van der Waals surface area (Å²) in [5.41, 5.74) is 8.51. The average Bonchev–Trinajstić information content (AvgIpc) is 2.96. The topological polar surface area (TPSA) is 78.9 Å². The maximum Gasteiger partial charge on any atom is 0.218 e. The number of rotatable bonds is 3. The van der Waals surface area contributed by atoms with Gasteiger partial charge in [-0.2, -0.15) is 10.1 Å². The minimum Gasteiger partial charge on any atom is -0.481 e. The minimum absolute atomic E-state index is 0.513. The van der Waals surface area contributed by atoms with Gasteiger partial charge in [0, 0.05) is 23.5 Å². The van der Waals surface area contributed by atoms with Crippen molar-refractivity contribution in [1.82, 2.24) is 19.7 Å². The molecule has 0 bridgehead atoms. The van der Waals surface area contributed by atoms with Crippen molar-refractivity contribution in [3.63, 3.8) is 0 Å². The first-order chi connectivity index (χ1) is 10.2. The number of aromatic nitrogens is 4. The average molecular weight is 281 g/mol. The van der Waals surface area contributed by atoms with Crippen LogP contribution in [-0.4, -0.2) is 26.9 Å². The second-order valence-corrected chi connectivity index (χ2v) is 4.61. The zero-order valence-corrected chi connectivity index (χ0v) is 11.8. The number of hydrogen-bond acceptors (Lipinski definition) is 5. The van der Waals surface area contributed by atoms with Gasteiger partial charge < -0.3 is 10.5 Å². The fourth-order valence-electron chi connectivity index (χ4n) is 2.06. The van der Waals surface area contributed by atoms with Crippen LogP contribution < -0.4 is 10.5 Å². The van der Waals surface area contributed by atoms with Gasteiger partial charge in [-0.1, -0.05) is 12.1 Å². The van der Waals surface area contributed by atoms with E-state index >= 15 is 0 Å². The molecule has 0 amide bonds. The first-order valence-corrected chi connectivity index (χ1v) is 6.46. The molecule has 0 aliphatic heterocycles. The number of nitrogens with zero attached hydrogens (tertiary/aromatic N) is 4. The Labute approximate surface area is 122 Å². The number of nitrogen functional groups attached to an aromatic ring is 1. The molecule has 2 aromatic heterocycles. The third kappa shape index (κ3) is 2.69. The Morgan fingerprint density at radius 2 is 2.00 bits per heavy atom. The Bertz CT molecular complexity index is 781. The van der Waals surface area contributed by atoms with Crippen LogP contribution in [0.3, 0.4) is 0 Å². The largest absolute Gasteiger partial charge is 0.481 e. The van der Waals surface area contributed by atoms with Gasteiger partial charge >= 0.3 is 0 Å². The molecule has 0 aliphatic carbocycles. The Balaban J connectivity index is 2.00. The molecular formula is C15H15N5O. The molecule has 2 heterocycles. The summed E-state index contributed by atoms with van der Waals surface area (Å²) in [5, 5.41) is 4.34. The lowest BCUT2D eigenvalue weighted by molar-refractivity contribution is 0.395. The van der Waals surface area contributed by atoms with Crippen molar-refractivity contribution in [2.45, 2.75) is 6.92 Å². The molecule has 6 nitrogen and oxygen atoms in total. The van der Waals surface area contributed by atoms with Crippen molar-refractivity contribution < 1.29 is 4.74 Å². The van der Waals surface area contributed by atoms with Crippen LogP contribution in [0.25, 0.3) is 16.9 Å². The highest BCUT2D eigenvalue weighted by atomic mass is 16.5. The van der Waals surface area contributed by atoms with Crippen LogP contribution >= 0.6 is 0 Å². The SMILES string of the molecule is COc1cc(-n2cc(-c3cccc(N)c3)cn2)nc(C)n1. The molecule has 0 unspecified atom stereocenters. The first-order valence-electron chi connectivity index (χ1n) is 6.46. The predicted molar refractivity (Wildman–Crippen MR) is 80.3 cm³/mol. The van der Waals surface area contributed by atoms with Gasteiger partial charge in [0.15, 0.2) is 5.82 Å². The number of aryl methyl sites for hydroxylation is 1.